The van der Waals surface area contributed by atoms with Crippen LogP contribution < -0.4 is 5.73 Å². The number of carbonyl (C=O) groups excluding carboxylic acids is 1. The highest BCUT2D eigenvalue weighted by molar-refractivity contribution is 5.97. The molecule has 5 nitrogen and oxygen atoms in total. The van der Waals surface area contributed by atoms with Crippen LogP contribution in [0.4, 0.5) is 5.69 Å². The van der Waals surface area contributed by atoms with Crippen molar-refractivity contribution in [3.63, 3.8) is 0 Å². The Kier molecular flexibility index (Phi) is 3.97. The van der Waals surface area contributed by atoms with Gasteiger partial charge in [-0.25, -0.2) is 9.97 Å². The van der Waals surface area contributed by atoms with Crippen LogP contribution in [0.15, 0.2) is 6.20 Å². The fourth-order valence-corrected chi connectivity index (χ4v) is 2.60. The molecular weight excluding hydrogens is 252 g/mol. The molecular formula is C15H24N4O. The zero-order valence-corrected chi connectivity index (χ0v) is 12.8. The normalized spacial score (nSPS) is 18.4. The van der Waals surface area contributed by atoms with E-state index in [4.69, 9.17) is 5.73 Å². The van der Waals surface area contributed by atoms with Crippen LogP contribution in [0.2, 0.25) is 0 Å². The van der Waals surface area contributed by atoms with Crippen molar-refractivity contribution in [2.24, 2.45) is 5.41 Å². The summed E-state index contributed by atoms with van der Waals surface area (Å²) < 4.78 is 0. The van der Waals surface area contributed by atoms with Gasteiger partial charge in [0.05, 0.1) is 11.9 Å². The van der Waals surface area contributed by atoms with Crippen LogP contribution in [0.25, 0.3) is 0 Å². The maximum Gasteiger partial charge on any atom is 0.274 e. The van der Waals surface area contributed by atoms with Crippen molar-refractivity contribution < 1.29 is 4.79 Å². The summed E-state index contributed by atoms with van der Waals surface area (Å²) in [6, 6.07) is 0. The van der Waals surface area contributed by atoms with Crippen LogP contribution in [0.1, 0.15) is 62.8 Å². The van der Waals surface area contributed by atoms with Crippen LogP contribution in [0, 0.1) is 5.41 Å². The molecule has 0 spiro atoms. The Labute approximate surface area is 120 Å². The third-order valence-electron chi connectivity index (χ3n) is 3.74. The van der Waals surface area contributed by atoms with E-state index in [0.717, 1.165) is 25.9 Å². The first-order valence-corrected chi connectivity index (χ1v) is 7.22. The Morgan fingerprint density at radius 3 is 2.75 bits per heavy atom. The summed E-state index contributed by atoms with van der Waals surface area (Å²) in [4.78, 5) is 23.1. The van der Waals surface area contributed by atoms with Gasteiger partial charge in [0, 0.05) is 19.0 Å². The van der Waals surface area contributed by atoms with Crippen LogP contribution in [0.3, 0.4) is 0 Å². The molecule has 1 aromatic rings. The largest absolute Gasteiger partial charge is 0.396 e. The van der Waals surface area contributed by atoms with E-state index in [2.05, 4.69) is 23.8 Å². The van der Waals surface area contributed by atoms with E-state index in [1.54, 1.807) is 6.20 Å². The monoisotopic (exact) mass is 276 g/mol. The van der Waals surface area contributed by atoms with Gasteiger partial charge >= 0.3 is 0 Å². The number of anilines is 1. The maximum atomic E-state index is 12.6. The van der Waals surface area contributed by atoms with Crippen molar-refractivity contribution in [2.75, 3.05) is 18.8 Å². The summed E-state index contributed by atoms with van der Waals surface area (Å²) >= 11 is 0. The fourth-order valence-electron chi connectivity index (χ4n) is 2.60. The lowest BCUT2D eigenvalue weighted by molar-refractivity contribution is 0.0578. The molecule has 0 atom stereocenters. The lowest BCUT2D eigenvalue weighted by Crippen LogP contribution is -2.44. The van der Waals surface area contributed by atoms with Crippen molar-refractivity contribution in [1.82, 2.24) is 14.9 Å². The van der Waals surface area contributed by atoms with E-state index < -0.39 is 0 Å². The molecule has 1 amide bonds. The molecule has 1 aliphatic heterocycles. The van der Waals surface area contributed by atoms with Crippen molar-refractivity contribution >= 4 is 11.6 Å². The molecule has 2 heterocycles. The Balaban J connectivity index is 2.26. The number of piperidine rings is 1. The molecule has 1 aliphatic rings. The van der Waals surface area contributed by atoms with Gasteiger partial charge in [-0.15, -0.1) is 0 Å². The van der Waals surface area contributed by atoms with Crippen LogP contribution in [0.5, 0.6) is 0 Å². The molecule has 1 fully saturated rings. The van der Waals surface area contributed by atoms with Gasteiger partial charge < -0.3 is 10.6 Å². The van der Waals surface area contributed by atoms with E-state index in [0.29, 0.717) is 17.2 Å². The molecule has 0 aliphatic carbocycles. The second-order valence-electron chi connectivity index (χ2n) is 6.68. The predicted octanol–water partition coefficient (Wildman–Crippen LogP) is 2.44. The summed E-state index contributed by atoms with van der Waals surface area (Å²) in [5.74, 6) is 0.776. The van der Waals surface area contributed by atoms with Crippen LogP contribution in [-0.4, -0.2) is 33.9 Å². The van der Waals surface area contributed by atoms with E-state index in [-0.39, 0.29) is 17.2 Å². The zero-order chi connectivity index (χ0) is 14.9. The summed E-state index contributed by atoms with van der Waals surface area (Å²) in [6.07, 6.45) is 3.72. The highest BCUT2D eigenvalue weighted by Crippen LogP contribution is 2.29. The maximum absolute atomic E-state index is 12.6. The van der Waals surface area contributed by atoms with Crippen LogP contribution >= 0.6 is 0 Å². The van der Waals surface area contributed by atoms with Gasteiger partial charge in [0.1, 0.15) is 5.82 Å². The van der Waals surface area contributed by atoms with Crippen molar-refractivity contribution in [3.05, 3.63) is 17.7 Å². The van der Waals surface area contributed by atoms with Gasteiger partial charge in [0.2, 0.25) is 0 Å². The third kappa shape index (κ3) is 3.08. The molecule has 0 radical (unpaired) electrons. The van der Waals surface area contributed by atoms with Crippen molar-refractivity contribution in [2.45, 2.75) is 46.5 Å². The minimum atomic E-state index is -0.0698. The zero-order valence-electron chi connectivity index (χ0n) is 12.8. The van der Waals surface area contributed by atoms with E-state index in [9.17, 15) is 4.79 Å². The fraction of sp³-hybridized carbons (Fsp3) is 0.667. The predicted molar refractivity (Wildman–Crippen MR) is 79.5 cm³/mol. The molecule has 1 aromatic heterocycles. The number of aromatic nitrogens is 2. The number of hydrogen-bond donors (Lipinski definition) is 1. The Hall–Kier alpha value is -1.65. The number of carbonyl (C=O) groups is 1. The SMILES string of the molecule is CC(C)c1ncc(N)c(C(=O)N2CCCC(C)(C)C2)n1. The third-order valence-corrected chi connectivity index (χ3v) is 3.74. The lowest BCUT2D eigenvalue weighted by Gasteiger charge is -2.38. The number of rotatable bonds is 2. The molecule has 2 rings (SSSR count). The quantitative estimate of drug-likeness (QED) is 0.900. The minimum absolute atomic E-state index is 0.0698. The first kappa shape index (κ1) is 14.8. The average Bonchev–Trinajstić information content (AvgIpc) is 2.37. The van der Waals surface area contributed by atoms with E-state index in [1.165, 1.54) is 0 Å². The van der Waals surface area contributed by atoms with Gasteiger partial charge in [0.15, 0.2) is 5.69 Å². The Bertz CT molecular complexity index is 511. The molecule has 2 N–H and O–H groups in total. The summed E-state index contributed by atoms with van der Waals surface area (Å²) in [7, 11) is 0. The van der Waals surface area contributed by atoms with Crippen molar-refractivity contribution in [1.29, 1.82) is 0 Å². The van der Waals surface area contributed by atoms with Gasteiger partial charge in [-0.05, 0) is 18.3 Å². The number of nitrogen functional groups attached to an aromatic ring is 1. The highest BCUT2D eigenvalue weighted by Gasteiger charge is 2.31. The molecule has 0 aromatic carbocycles. The van der Waals surface area contributed by atoms with E-state index in [1.807, 2.05) is 18.7 Å². The summed E-state index contributed by atoms with van der Waals surface area (Å²) in [5.41, 5.74) is 6.77. The summed E-state index contributed by atoms with van der Waals surface area (Å²) in [6.45, 7) is 9.92. The number of likely N-dealkylation sites (tertiary alicyclic amines) is 1. The number of nitrogens with two attached hydrogens (primary N) is 1. The molecule has 110 valence electrons. The summed E-state index contributed by atoms with van der Waals surface area (Å²) in [5, 5.41) is 0. The lowest BCUT2D eigenvalue weighted by atomic mass is 9.84. The molecule has 1 saturated heterocycles. The van der Waals surface area contributed by atoms with Gasteiger partial charge in [-0.1, -0.05) is 27.7 Å². The first-order chi connectivity index (χ1) is 9.30. The molecule has 0 saturated carbocycles. The van der Waals surface area contributed by atoms with E-state index >= 15 is 0 Å². The van der Waals surface area contributed by atoms with Gasteiger partial charge in [-0.3, -0.25) is 4.79 Å². The van der Waals surface area contributed by atoms with Crippen molar-refractivity contribution in [3.8, 4) is 0 Å². The molecule has 5 heteroatoms. The second kappa shape index (κ2) is 5.38. The smallest absolute Gasteiger partial charge is 0.274 e. The number of amides is 1. The Morgan fingerprint density at radius 2 is 2.15 bits per heavy atom. The number of nitrogens with zero attached hydrogens (tertiary/aromatic N) is 3. The first-order valence-electron chi connectivity index (χ1n) is 7.22. The highest BCUT2D eigenvalue weighted by atomic mass is 16.2. The minimum Gasteiger partial charge on any atom is -0.396 e. The Morgan fingerprint density at radius 1 is 1.45 bits per heavy atom. The number of hydrogen-bond acceptors (Lipinski definition) is 4. The molecule has 0 unspecified atom stereocenters. The topological polar surface area (TPSA) is 72.1 Å². The second-order valence-corrected chi connectivity index (χ2v) is 6.68. The standard InChI is InChI=1S/C15H24N4O/c1-10(2)13-17-8-11(16)12(18-13)14(20)19-7-5-6-15(3,4)9-19/h8,10H,5-7,9,16H2,1-4H3. The average molecular weight is 276 g/mol. The van der Waals surface area contributed by atoms with Gasteiger partial charge in [0.25, 0.3) is 5.91 Å². The molecule has 0 bridgehead atoms. The van der Waals surface area contributed by atoms with Gasteiger partial charge in [-0.2, -0.15) is 0 Å². The van der Waals surface area contributed by atoms with Crippen LogP contribution in [-0.2, 0) is 0 Å². The molecule has 20 heavy (non-hydrogen) atoms.